The summed E-state index contributed by atoms with van der Waals surface area (Å²) in [7, 11) is 0. The minimum Gasteiger partial charge on any atom is -0.486 e. The van der Waals surface area contributed by atoms with Crippen LogP contribution in [0.4, 0.5) is 0 Å². The molecule has 0 spiro atoms. The maximum Gasteiger partial charge on any atom is 0.127 e. The van der Waals surface area contributed by atoms with Gasteiger partial charge in [-0.1, -0.05) is 52.0 Å². The number of hydrogen-bond acceptors (Lipinski definition) is 1. The monoisotopic (exact) mass is 206 g/mol. The molecular weight excluding hydrogens is 184 g/mol. The summed E-state index contributed by atoms with van der Waals surface area (Å²) in [6, 6.07) is 8.06. The van der Waals surface area contributed by atoms with Gasteiger partial charge in [0.05, 0.1) is 0 Å². The third-order valence-corrected chi connectivity index (χ3v) is 1.78. The Morgan fingerprint density at radius 3 is 2.27 bits per heavy atom. The Balaban J connectivity index is 0.000000442. The summed E-state index contributed by atoms with van der Waals surface area (Å²) in [6.45, 7) is 10.0. The number of para-hydroxylation sites is 1. The molecule has 0 fully saturated rings. The van der Waals surface area contributed by atoms with Crippen molar-refractivity contribution in [3.8, 4) is 5.75 Å². The minimum atomic E-state index is 0.213. The lowest BCUT2D eigenvalue weighted by Crippen LogP contribution is -2.11. The molecule has 0 aromatic heterocycles. The Morgan fingerprint density at radius 2 is 1.60 bits per heavy atom. The standard InChI is InChI=1S/C10H10O.2C2H6/c1-8-6-7-9-4-2-3-5-10(9)11-8;2*1-2/h2-8H,1H3;2*1-2H3. The van der Waals surface area contributed by atoms with Crippen LogP contribution in [0.5, 0.6) is 5.75 Å². The van der Waals surface area contributed by atoms with E-state index in [-0.39, 0.29) is 6.10 Å². The molecule has 1 aliphatic heterocycles. The third kappa shape index (κ3) is 4.20. The minimum absolute atomic E-state index is 0.213. The van der Waals surface area contributed by atoms with Gasteiger partial charge in [0.15, 0.2) is 0 Å². The van der Waals surface area contributed by atoms with Gasteiger partial charge < -0.3 is 4.74 Å². The van der Waals surface area contributed by atoms with E-state index in [1.54, 1.807) is 0 Å². The molecule has 1 atom stereocenters. The van der Waals surface area contributed by atoms with Crippen molar-refractivity contribution in [3.05, 3.63) is 35.9 Å². The van der Waals surface area contributed by atoms with E-state index in [1.165, 1.54) is 5.56 Å². The van der Waals surface area contributed by atoms with E-state index in [9.17, 15) is 0 Å². The average molecular weight is 206 g/mol. The van der Waals surface area contributed by atoms with Crippen LogP contribution in [0.1, 0.15) is 40.2 Å². The van der Waals surface area contributed by atoms with Gasteiger partial charge in [0, 0.05) is 5.56 Å². The van der Waals surface area contributed by atoms with Gasteiger partial charge in [0.25, 0.3) is 0 Å². The molecule has 0 saturated heterocycles. The number of hydrogen-bond donors (Lipinski definition) is 0. The molecule has 0 amide bonds. The van der Waals surface area contributed by atoms with E-state index in [0.717, 1.165) is 5.75 Å². The van der Waals surface area contributed by atoms with Gasteiger partial charge in [-0.2, -0.15) is 0 Å². The summed E-state index contributed by atoms with van der Waals surface area (Å²) in [5.41, 5.74) is 1.17. The predicted octanol–water partition coefficient (Wildman–Crippen LogP) is 4.53. The number of rotatable bonds is 0. The highest BCUT2D eigenvalue weighted by molar-refractivity contribution is 5.59. The molecule has 1 aromatic carbocycles. The lowest BCUT2D eigenvalue weighted by Gasteiger charge is -2.17. The highest BCUT2D eigenvalue weighted by Gasteiger charge is 2.07. The smallest absolute Gasteiger partial charge is 0.127 e. The van der Waals surface area contributed by atoms with Crippen LogP contribution in [0.2, 0.25) is 0 Å². The van der Waals surface area contributed by atoms with Gasteiger partial charge in [-0.05, 0) is 19.1 Å². The van der Waals surface area contributed by atoms with Crippen molar-refractivity contribution < 1.29 is 4.74 Å². The molecule has 84 valence electrons. The lowest BCUT2D eigenvalue weighted by molar-refractivity contribution is 0.266. The summed E-state index contributed by atoms with van der Waals surface area (Å²) in [5, 5.41) is 0. The van der Waals surface area contributed by atoms with E-state index in [2.05, 4.69) is 18.2 Å². The van der Waals surface area contributed by atoms with Crippen molar-refractivity contribution in [2.45, 2.75) is 40.7 Å². The molecule has 1 aliphatic rings. The largest absolute Gasteiger partial charge is 0.486 e. The van der Waals surface area contributed by atoms with Crippen LogP contribution in [0.3, 0.4) is 0 Å². The van der Waals surface area contributed by atoms with Crippen molar-refractivity contribution in [1.82, 2.24) is 0 Å². The zero-order valence-electron chi connectivity index (χ0n) is 10.4. The van der Waals surface area contributed by atoms with E-state index in [1.807, 2.05) is 52.8 Å². The maximum atomic E-state index is 5.54. The molecular formula is C14H22O. The normalized spacial score (nSPS) is 15.9. The Hall–Kier alpha value is -1.24. The highest BCUT2D eigenvalue weighted by Crippen LogP contribution is 2.24. The molecule has 1 nitrogen and oxygen atoms in total. The molecule has 1 heterocycles. The number of benzene rings is 1. The first-order chi connectivity index (χ1) is 7.36. The van der Waals surface area contributed by atoms with Crippen LogP contribution in [0, 0.1) is 0 Å². The van der Waals surface area contributed by atoms with Crippen molar-refractivity contribution >= 4 is 6.08 Å². The molecule has 0 aliphatic carbocycles. The summed E-state index contributed by atoms with van der Waals surface area (Å²) >= 11 is 0. The summed E-state index contributed by atoms with van der Waals surface area (Å²) in [6.07, 6.45) is 4.37. The van der Waals surface area contributed by atoms with E-state index >= 15 is 0 Å². The van der Waals surface area contributed by atoms with Crippen LogP contribution in [0.15, 0.2) is 30.3 Å². The molecule has 1 aromatic rings. The van der Waals surface area contributed by atoms with Crippen molar-refractivity contribution in [1.29, 1.82) is 0 Å². The van der Waals surface area contributed by atoms with Gasteiger partial charge >= 0.3 is 0 Å². The fourth-order valence-electron chi connectivity index (χ4n) is 1.20. The zero-order chi connectivity index (χ0) is 11.7. The molecule has 2 rings (SSSR count). The van der Waals surface area contributed by atoms with Crippen LogP contribution in [-0.2, 0) is 0 Å². The van der Waals surface area contributed by atoms with Gasteiger partial charge in [-0.25, -0.2) is 0 Å². The van der Waals surface area contributed by atoms with Crippen LogP contribution in [0.25, 0.3) is 6.08 Å². The first kappa shape index (κ1) is 13.8. The van der Waals surface area contributed by atoms with Gasteiger partial charge in [0.2, 0.25) is 0 Å². The van der Waals surface area contributed by atoms with Crippen molar-refractivity contribution in [2.24, 2.45) is 0 Å². The lowest BCUT2D eigenvalue weighted by atomic mass is 10.1. The van der Waals surface area contributed by atoms with Crippen molar-refractivity contribution in [3.63, 3.8) is 0 Å². The summed E-state index contributed by atoms with van der Waals surface area (Å²) < 4.78 is 5.54. The Bertz CT molecular complexity index is 289. The molecule has 1 heteroatoms. The van der Waals surface area contributed by atoms with Crippen LogP contribution >= 0.6 is 0 Å². The fourth-order valence-corrected chi connectivity index (χ4v) is 1.20. The zero-order valence-corrected chi connectivity index (χ0v) is 10.4. The summed E-state index contributed by atoms with van der Waals surface area (Å²) in [5.74, 6) is 0.988. The van der Waals surface area contributed by atoms with Crippen LogP contribution < -0.4 is 4.74 Å². The Labute approximate surface area is 93.8 Å². The second-order valence-electron chi connectivity index (χ2n) is 2.72. The summed E-state index contributed by atoms with van der Waals surface area (Å²) in [4.78, 5) is 0. The maximum absolute atomic E-state index is 5.54. The number of fused-ring (bicyclic) bond motifs is 1. The van der Waals surface area contributed by atoms with Crippen LogP contribution in [-0.4, -0.2) is 6.10 Å². The highest BCUT2D eigenvalue weighted by atomic mass is 16.5. The molecule has 15 heavy (non-hydrogen) atoms. The topological polar surface area (TPSA) is 9.23 Å². The third-order valence-electron chi connectivity index (χ3n) is 1.78. The number of ether oxygens (including phenoxy) is 1. The second-order valence-corrected chi connectivity index (χ2v) is 2.72. The fraction of sp³-hybridized carbons (Fsp3) is 0.429. The van der Waals surface area contributed by atoms with E-state index in [4.69, 9.17) is 4.74 Å². The molecule has 0 N–H and O–H groups in total. The SMILES string of the molecule is CC.CC.CC1C=Cc2ccccc2O1. The second kappa shape index (κ2) is 8.10. The Kier molecular flexibility index (Phi) is 7.43. The van der Waals surface area contributed by atoms with E-state index in [0.29, 0.717) is 0 Å². The quantitative estimate of drug-likeness (QED) is 0.606. The van der Waals surface area contributed by atoms with Gasteiger partial charge in [-0.15, -0.1) is 0 Å². The Morgan fingerprint density at radius 1 is 1.00 bits per heavy atom. The molecule has 0 bridgehead atoms. The first-order valence-electron chi connectivity index (χ1n) is 5.80. The predicted molar refractivity (Wildman–Crippen MR) is 68.3 cm³/mol. The molecule has 0 saturated carbocycles. The first-order valence-corrected chi connectivity index (χ1v) is 5.80. The van der Waals surface area contributed by atoms with Gasteiger partial charge in [0.1, 0.15) is 11.9 Å². The molecule has 1 unspecified atom stereocenters. The van der Waals surface area contributed by atoms with Crippen molar-refractivity contribution in [2.75, 3.05) is 0 Å². The molecule has 0 radical (unpaired) electrons. The average Bonchev–Trinajstić information content (AvgIpc) is 2.34. The van der Waals surface area contributed by atoms with E-state index < -0.39 is 0 Å². The van der Waals surface area contributed by atoms with Gasteiger partial charge in [-0.3, -0.25) is 0 Å².